The first-order valence-electron chi connectivity index (χ1n) is 6.69. The lowest BCUT2D eigenvalue weighted by atomic mass is 10.1. The highest BCUT2D eigenvalue weighted by atomic mass is 19.1. The van der Waals surface area contributed by atoms with Crippen LogP contribution in [0.4, 0.5) is 4.39 Å². The van der Waals surface area contributed by atoms with Crippen molar-refractivity contribution in [1.82, 2.24) is 4.57 Å². The Morgan fingerprint density at radius 1 is 1.15 bits per heavy atom. The number of phenolic OH excluding ortho intramolecular Hbond substituents is 1. The van der Waals surface area contributed by atoms with Gasteiger partial charge in [0.15, 0.2) is 11.6 Å². The van der Waals surface area contributed by atoms with Gasteiger partial charge in [-0.05, 0) is 48.7 Å². The van der Waals surface area contributed by atoms with Gasteiger partial charge in [0.1, 0.15) is 0 Å². The summed E-state index contributed by atoms with van der Waals surface area (Å²) in [5, 5.41) is 10.5. The molecule has 2 nitrogen and oxygen atoms in total. The zero-order valence-corrected chi connectivity index (χ0v) is 11.5. The third-order valence-corrected chi connectivity index (χ3v) is 3.69. The minimum atomic E-state index is -0.604. The van der Waals surface area contributed by atoms with Crippen molar-refractivity contribution in [3.8, 4) is 11.4 Å². The monoisotopic (exact) mass is 269 g/mol. The highest BCUT2D eigenvalue weighted by molar-refractivity contribution is 5.86. The van der Waals surface area contributed by atoms with Gasteiger partial charge in [-0.1, -0.05) is 13.0 Å². The van der Waals surface area contributed by atoms with E-state index in [1.165, 1.54) is 23.3 Å². The molecule has 0 bridgehead atoms. The molecule has 2 aromatic carbocycles. The molecule has 0 atom stereocenters. The van der Waals surface area contributed by atoms with Crippen molar-refractivity contribution in [3.05, 3.63) is 59.5 Å². The molecule has 0 unspecified atom stereocenters. The number of aromatic nitrogens is 1. The second-order valence-electron chi connectivity index (χ2n) is 5.02. The van der Waals surface area contributed by atoms with E-state index in [4.69, 9.17) is 0 Å². The molecule has 1 heterocycles. The summed E-state index contributed by atoms with van der Waals surface area (Å²) in [4.78, 5) is 0. The van der Waals surface area contributed by atoms with E-state index in [0.717, 1.165) is 17.3 Å². The van der Waals surface area contributed by atoms with Gasteiger partial charge in [0.05, 0.1) is 5.52 Å². The molecule has 1 aromatic heterocycles. The van der Waals surface area contributed by atoms with Crippen LogP contribution in [0.3, 0.4) is 0 Å². The van der Waals surface area contributed by atoms with Crippen molar-refractivity contribution >= 4 is 10.9 Å². The fourth-order valence-corrected chi connectivity index (χ4v) is 2.57. The molecule has 0 spiro atoms. The topological polar surface area (TPSA) is 25.2 Å². The molecule has 20 heavy (non-hydrogen) atoms. The normalized spacial score (nSPS) is 11.2. The van der Waals surface area contributed by atoms with E-state index in [-0.39, 0.29) is 5.75 Å². The van der Waals surface area contributed by atoms with E-state index in [1.807, 2.05) is 16.8 Å². The average Bonchev–Trinajstić information content (AvgIpc) is 2.86. The Morgan fingerprint density at radius 3 is 2.65 bits per heavy atom. The summed E-state index contributed by atoms with van der Waals surface area (Å²) in [6.07, 6.45) is 2.90. The van der Waals surface area contributed by atoms with Gasteiger partial charge in [0.2, 0.25) is 0 Å². The number of benzene rings is 2. The Kier molecular flexibility index (Phi) is 2.97. The molecular weight excluding hydrogens is 253 g/mol. The zero-order valence-electron chi connectivity index (χ0n) is 11.5. The van der Waals surface area contributed by atoms with Crippen LogP contribution in [-0.2, 0) is 6.42 Å². The first-order chi connectivity index (χ1) is 9.60. The molecule has 1 N–H and O–H groups in total. The Bertz CT molecular complexity index is 789. The number of hydrogen-bond donors (Lipinski definition) is 1. The summed E-state index contributed by atoms with van der Waals surface area (Å²) >= 11 is 0. The smallest absolute Gasteiger partial charge is 0.166 e. The summed E-state index contributed by atoms with van der Waals surface area (Å²) < 4.78 is 15.5. The molecule has 3 rings (SSSR count). The van der Waals surface area contributed by atoms with Gasteiger partial charge in [-0.25, -0.2) is 4.39 Å². The minimum Gasteiger partial charge on any atom is -0.505 e. The maximum Gasteiger partial charge on any atom is 0.166 e. The maximum absolute atomic E-state index is 13.5. The molecule has 0 aliphatic rings. The largest absolute Gasteiger partial charge is 0.505 e. The number of fused-ring (bicyclic) bond motifs is 1. The van der Waals surface area contributed by atoms with Crippen LogP contribution in [0.15, 0.2) is 42.6 Å². The van der Waals surface area contributed by atoms with Gasteiger partial charge >= 0.3 is 0 Å². The lowest BCUT2D eigenvalue weighted by Gasteiger charge is -2.09. The van der Waals surface area contributed by atoms with Crippen LogP contribution in [0.5, 0.6) is 5.75 Å². The van der Waals surface area contributed by atoms with E-state index in [0.29, 0.717) is 5.69 Å². The summed E-state index contributed by atoms with van der Waals surface area (Å²) in [6, 6.07) is 10.8. The standard InChI is InChI=1S/C17H16FNO/c1-3-12-8-11(2)14-6-7-19(16(14)9-12)13-4-5-17(20)15(18)10-13/h4-10,20H,3H2,1-2H3. The molecule has 0 saturated carbocycles. The SMILES string of the molecule is CCc1cc(C)c2ccn(-c3ccc(O)c(F)c3)c2c1. The van der Waals surface area contributed by atoms with Crippen molar-refractivity contribution in [2.75, 3.05) is 0 Å². The van der Waals surface area contributed by atoms with Crippen LogP contribution in [0.1, 0.15) is 18.1 Å². The zero-order chi connectivity index (χ0) is 14.3. The fraction of sp³-hybridized carbons (Fsp3) is 0.176. The van der Waals surface area contributed by atoms with Gasteiger partial charge in [-0.15, -0.1) is 0 Å². The second kappa shape index (κ2) is 4.67. The Balaban J connectivity index is 2.25. The van der Waals surface area contributed by atoms with Crippen LogP contribution >= 0.6 is 0 Å². The maximum atomic E-state index is 13.5. The third-order valence-electron chi connectivity index (χ3n) is 3.69. The molecule has 3 heteroatoms. The van der Waals surface area contributed by atoms with E-state index in [2.05, 4.69) is 26.0 Å². The number of aryl methyl sites for hydroxylation is 2. The summed E-state index contributed by atoms with van der Waals surface area (Å²) in [5.41, 5.74) is 4.25. The fourth-order valence-electron chi connectivity index (χ4n) is 2.57. The predicted octanol–water partition coefficient (Wildman–Crippen LogP) is 4.35. The lowest BCUT2D eigenvalue weighted by molar-refractivity contribution is 0.432. The Hall–Kier alpha value is -2.29. The molecule has 0 aliphatic carbocycles. The first kappa shape index (κ1) is 12.7. The van der Waals surface area contributed by atoms with Crippen molar-refractivity contribution in [2.24, 2.45) is 0 Å². The molecule has 0 fully saturated rings. The molecule has 0 saturated heterocycles. The van der Waals surface area contributed by atoms with Crippen molar-refractivity contribution in [3.63, 3.8) is 0 Å². The molecule has 0 amide bonds. The van der Waals surface area contributed by atoms with E-state index in [9.17, 15) is 9.50 Å². The molecular formula is C17H16FNO. The van der Waals surface area contributed by atoms with Crippen molar-refractivity contribution in [2.45, 2.75) is 20.3 Å². The number of halogens is 1. The molecule has 0 aliphatic heterocycles. The number of rotatable bonds is 2. The Labute approximate surface area is 117 Å². The van der Waals surface area contributed by atoms with Gasteiger partial charge < -0.3 is 9.67 Å². The third kappa shape index (κ3) is 1.95. The summed E-state index contributed by atoms with van der Waals surface area (Å²) in [7, 11) is 0. The van der Waals surface area contributed by atoms with E-state index >= 15 is 0 Å². The summed E-state index contributed by atoms with van der Waals surface area (Å²) in [6.45, 7) is 4.21. The first-order valence-corrected chi connectivity index (χ1v) is 6.69. The van der Waals surface area contributed by atoms with Gasteiger partial charge in [-0.3, -0.25) is 0 Å². The number of hydrogen-bond acceptors (Lipinski definition) is 1. The van der Waals surface area contributed by atoms with Crippen LogP contribution in [0.2, 0.25) is 0 Å². The van der Waals surface area contributed by atoms with Crippen LogP contribution in [0, 0.1) is 12.7 Å². The van der Waals surface area contributed by atoms with Gasteiger partial charge in [-0.2, -0.15) is 0 Å². The van der Waals surface area contributed by atoms with Crippen LogP contribution < -0.4 is 0 Å². The predicted molar refractivity (Wildman–Crippen MR) is 79.0 cm³/mol. The molecule has 0 radical (unpaired) electrons. The van der Waals surface area contributed by atoms with E-state index in [1.54, 1.807) is 6.07 Å². The highest BCUT2D eigenvalue weighted by Crippen LogP contribution is 2.27. The van der Waals surface area contributed by atoms with Gasteiger partial charge in [0.25, 0.3) is 0 Å². The quantitative estimate of drug-likeness (QED) is 0.735. The average molecular weight is 269 g/mol. The Morgan fingerprint density at radius 2 is 1.95 bits per heavy atom. The molecule has 3 aromatic rings. The van der Waals surface area contributed by atoms with Gasteiger partial charge in [0, 0.05) is 23.3 Å². The van der Waals surface area contributed by atoms with Crippen molar-refractivity contribution < 1.29 is 9.50 Å². The van der Waals surface area contributed by atoms with Crippen LogP contribution in [0.25, 0.3) is 16.6 Å². The lowest BCUT2D eigenvalue weighted by Crippen LogP contribution is -1.94. The summed E-state index contributed by atoms with van der Waals surface area (Å²) in [5.74, 6) is -0.927. The van der Waals surface area contributed by atoms with E-state index < -0.39 is 5.82 Å². The van der Waals surface area contributed by atoms with Crippen LogP contribution in [-0.4, -0.2) is 9.67 Å². The highest BCUT2D eigenvalue weighted by Gasteiger charge is 2.09. The number of phenols is 1. The van der Waals surface area contributed by atoms with Crippen molar-refractivity contribution in [1.29, 1.82) is 0 Å². The number of nitrogens with zero attached hydrogens (tertiary/aromatic N) is 1. The minimum absolute atomic E-state index is 0.323. The second-order valence-corrected chi connectivity index (χ2v) is 5.02. The molecule has 102 valence electrons. The number of aromatic hydroxyl groups is 1.